The van der Waals surface area contributed by atoms with Gasteiger partial charge in [-0.25, -0.2) is 0 Å². The lowest BCUT2D eigenvalue weighted by molar-refractivity contribution is 0.164. The number of hydrogen-bond acceptors (Lipinski definition) is 2. The topological polar surface area (TPSA) is 32.3 Å². The fourth-order valence-corrected chi connectivity index (χ4v) is 2.93. The summed E-state index contributed by atoms with van der Waals surface area (Å²) in [5, 5.41) is 13.8. The van der Waals surface area contributed by atoms with Gasteiger partial charge in [0.1, 0.15) is 0 Å². The van der Waals surface area contributed by atoms with E-state index < -0.39 is 6.10 Å². The van der Waals surface area contributed by atoms with Gasteiger partial charge >= 0.3 is 0 Å². The monoisotopic (exact) mass is 291 g/mol. The van der Waals surface area contributed by atoms with E-state index in [2.05, 4.69) is 64.2 Å². The lowest BCUT2D eigenvalue weighted by Gasteiger charge is -2.24. The van der Waals surface area contributed by atoms with E-state index in [1.165, 1.54) is 18.4 Å². The summed E-state index contributed by atoms with van der Waals surface area (Å²) >= 11 is 0. The molecule has 2 atom stereocenters. The number of nitrogens with one attached hydrogen (secondary N) is 1. The van der Waals surface area contributed by atoms with Gasteiger partial charge in [0, 0.05) is 12.6 Å². The van der Waals surface area contributed by atoms with Crippen LogP contribution in [0.25, 0.3) is 0 Å². The molecule has 0 fully saturated rings. The minimum absolute atomic E-state index is 0.421. The van der Waals surface area contributed by atoms with Crippen molar-refractivity contribution in [3.63, 3.8) is 0 Å². The Morgan fingerprint density at radius 3 is 2.05 bits per heavy atom. The Morgan fingerprint density at radius 2 is 1.57 bits per heavy atom. The predicted octanol–water partition coefficient (Wildman–Crippen LogP) is 4.33. The summed E-state index contributed by atoms with van der Waals surface area (Å²) in [5.41, 5.74) is 2.35. The van der Waals surface area contributed by atoms with E-state index in [9.17, 15) is 5.11 Å². The molecule has 0 saturated heterocycles. The van der Waals surface area contributed by atoms with Crippen LogP contribution in [-0.2, 0) is 6.42 Å². The molecule has 2 nitrogen and oxygen atoms in total. The zero-order valence-corrected chi connectivity index (χ0v) is 14.4. The number of hydrogen-bond donors (Lipinski definition) is 2. The predicted molar refractivity (Wildman–Crippen MR) is 91.5 cm³/mol. The molecule has 1 aromatic rings. The smallest absolute Gasteiger partial charge is 0.0914 e. The van der Waals surface area contributed by atoms with E-state index >= 15 is 0 Å². The Bertz CT molecular complexity index is 381. The van der Waals surface area contributed by atoms with Gasteiger partial charge in [-0.15, -0.1) is 0 Å². The second kappa shape index (κ2) is 9.22. The Morgan fingerprint density at radius 1 is 1.00 bits per heavy atom. The van der Waals surface area contributed by atoms with Crippen molar-refractivity contribution in [2.24, 2.45) is 11.8 Å². The van der Waals surface area contributed by atoms with Gasteiger partial charge in [0.25, 0.3) is 0 Å². The molecule has 0 spiro atoms. The van der Waals surface area contributed by atoms with Gasteiger partial charge in [0.2, 0.25) is 0 Å². The van der Waals surface area contributed by atoms with Crippen LogP contribution < -0.4 is 5.32 Å². The Labute approximate surface area is 131 Å². The first-order valence-electron chi connectivity index (χ1n) is 8.48. The largest absolute Gasteiger partial charge is 0.387 e. The molecule has 21 heavy (non-hydrogen) atoms. The first-order chi connectivity index (χ1) is 9.97. The highest BCUT2D eigenvalue weighted by Gasteiger charge is 2.15. The normalized spacial score (nSPS) is 14.7. The summed E-state index contributed by atoms with van der Waals surface area (Å²) < 4.78 is 0. The van der Waals surface area contributed by atoms with Crippen molar-refractivity contribution in [2.45, 2.75) is 66.0 Å². The number of aliphatic hydroxyl groups excluding tert-OH is 1. The van der Waals surface area contributed by atoms with Gasteiger partial charge in [-0.3, -0.25) is 0 Å². The lowest BCUT2D eigenvalue weighted by Crippen LogP contribution is -2.35. The molecule has 0 saturated carbocycles. The molecule has 0 aromatic heterocycles. The van der Waals surface area contributed by atoms with Crippen molar-refractivity contribution in [1.29, 1.82) is 0 Å². The van der Waals surface area contributed by atoms with Crippen LogP contribution in [0, 0.1) is 11.8 Å². The molecule has 1 aromatic carbocycles. The molecule has 2 unspecified atom stereocenters. The second-order valence-corrected chi connectivity index (χ2v) is 6.63. The van der Waals surface area contributed by atoms with Crippen LogP contribution >= 0.6 is 0 Å². The number of benzene rings is 1. The van der Waals surface area contributed by atoms with Gasteiger partial charge in [0.15, 0.2) is 0 Å². The molecule has 0 heterocycles. The maximum Gasteiger partial charge on any atom is 0.0914 e. The van der Waals surface area contributed by atoms with Gasteiger partial charge < -0.3 is 10.4 Å². The average molecular weight is 291 g/mol. The fourth-order valence-electron chi connectivity index (χ4n) is 2.93. The van der Waals surface area contributed by atoms with E-state index in [1.807, 2.05) is 0 Å². The number of aliphatic hydroxyl groups is 1. The minimum Gasteiger partial charge on any atom is -0.387 e. The lowest BCUT2D eigenvalue weighted by atomic mass is 9.95. The van der Waals surface area contributed by atoms with Crippen LogP contribution in [-0.4, -0.2) is 17.7 Å². The molecule has 0 bridgehead atoms. The average Bonchev–Trinajstić information content (AvgIpc) is 2.46. The third-order valence-electron chi connectivity index (χ3n) is 4.40. The van der Waals surface area contributed by atoms with Crippen molar-refractivity contribution < 1.29 is 5.11 Å². The van der Waals surface area contributed by atoms with Crippen LogP contribution in [0.3, 0.4) is 0 Å². The SMILES string of the molecule is CCC(CC)C(C)NCC(O)c1ccc(CC(C)C)cc1. The Balaban J connectivity index is 2.50. The molecule has 0 amide bonds. The molecule has 2 N–H and O–H groups in total. The summed E-state index contributed by atoms with van der Waals surface area (Å²) in [6.07, 6.45) is 3.05. The summed E-state index contributed by atoms with van der Waals surface area (Å²) in [4.78, 5) is 0. The molecule has 0 aliphatic carbocycles. The van der Waals surface area contributed by atoms with Crippen LogP contribution in [0.2, 0.25) is 0 Å². The van der Waals surface area contributed by atoms with Crippen molar-refractivity contribution in [3.05, 3.63) is 35.4 Å². The summed E-state index contributed by atoms with van der Waals surface area (Å²) in [5.74, 6) is 1.36. The van der Waals surface area contributed by atoms with E-state index in [1.54, 1.807) is 0 Å². The van der Waals surface area contributed by atoms with E-state index in [0.717, 1.165) is 12.0 Å². The molecular weight excluding hydrogens is 258 g/mol. The van der Waals surface area contributed by atoms with E-state index in [-0.39, 0.29) is 0 Å². The second-order valence-electron chi connectivity index (χ2n) is 6.63. The third kappa shape index (κ3) is 6.19. The third-order valence-corrected chi connectivity index (χ3v) is 4.40. The van der Waals surface area contributed by atoms with Gasteiger partial charge in [-0.1, -0.05) is 64.8 Å². The highest BCUT2D eigenvalue weighted by atomic mass is 16.3. The van der Waals surface area contributed by atoms with Crippen molar-refractivity contribution in [1.82, 2.24) is 5.32 Å². The van der Waals surface area contributed by atoms with Gasteiger partial charge in [0.05, 0.1) is 6.10 Å². The van der Waals surface area contributed by atoms with Crippen LogP contribution in [0.1, 0.15) is 64.7 Å². The quantitative estimate of drug-likeness (QED) is 0.709. The van der Waals surface area contributed by atoms with E-state index in [0.29, 0.717) is 24.4 Å². The van der Waals surface area contributed by atoms with Crippen molar-refractivity contribution >= 4 is 0 Å². The standard InChI is InChI=1S/C19H33NO/c1-6-17(7-2)15(5)20-13-19(21)18-10-8-16(9-11-18)12-14(3)4/h8-11,14-15,17,19-21H,6-7,12-13H2,1-5H3. The van der Waals surface area contributed by atoms with Crippen LogP contribution in [0.15, 0.2) is 24.3 Å². The Hall–Kier alpha value is -0.860. The highest BCUT2D eigenvalue weighted by Crippen LogP contribution is 2.17. The highest BCUT2D eigenvalue weighted by molar-refractivity contribution is 5.24. The first kappa shape index (κ1) is 18.2. The first-order valence-corrected chi connectivity index (χ1v) is 8.48. The van der Waals surface area contributed by atoms with E-state index in [4.69, 9.17) is 0 Å². The minimum atomic E-state index is -0.421. The maximum absolute atomic E-state index is 10.3. The molecule has 0 aliphatic rings. The maximum atomic E-state index is 10.3. The van der Waals surface area contributed by atoms with Crippen LogP contribution in [0.4, 0.5) is 0 Å². The summed E-state index contributed by atoms with van der Waals surface area (Å²) in [6.45, 7) is 11.8. The number of rotatable bonds is 9. The molecule has 1 rings (SSSR count). The van der Waals surface area contributed by atoms with Crippen molar-refractivity contribution in [3.8, 4) is 0 Å². The molecule has 2 heteroatoms. The fraction of sp³-hybridized carbons (Fsp3) is 0.684. The zero-order valence-electron chi connectivity index (χ0n) is 14.4. The summed E-state index contributed by atoms with van der Waals surface area (Å²) in [6, 6.07) is 8.86. The molecule has 0 radical (unpaired) electrons. The molecule has 0 aliphatic heterocycles. The van der Waals surface area contributed by atoms with Gasteiger partial charge in [-0.2, -0.15) is 0 Å². The zero-order chi connectivity index (χ0) is 15.8. The summed E-state index contributed by atoms with van der Waals surface area (Å²) in [7, 11) is 0. The van der Waals surface area contributed by atoms with Crippen LogP contribution in [0.5, 0.6) is 0 Å². The van der Waals surface area contributed by atoms with Crippen molar-refractivity contribution in [2.75, 3.05) is 6.54 Å². The molecule has 120 valence electrons. The Kier molecular flexibility index (Phi) is 7.98. The molecular formula is C19H33NO. The van der Waals surface area contributed by atoms with Gasteiger partial charge in [-0.05, 0) is 36.3 Å².